The van der Waals surface area contributed by atoms with Crippen molar-refractivity contribution in [3.8, 4) is 0 Å². The molecule has 1 aromatic carbocycles. The highest BCUT2D eigenvalue weighted by Gasteiger charge is 2.12. The van der Waals surface area contributed by atoms with Crippen molar-refractivity contribution in [3.63, 3.8) is 0 Å². The number of fused-ring (bicyclic) bond motifs is 1. The number of hydrogen-bond donors (Lipinski definition) is 1. The molecule has 0 radical (unpaired) electrons. The van der Waals surface area contributed by atoms with Crippen LogP contribution in [-0.2, 0) is 4.74 Å². The summed E-state index contributed by atoms with van der Waals surface area (Å²) in [6.07, 6.45) is 4.88. The highest BCUT2D eigenvalue weighted by Crippen LogP contribution is 2.23. The monoisotopic (exact) mass is 244 g/mol. The fraction of sp³-hybridized carbons (Fsp3) is 0.400. The van der Waals surface area contributed by atoms with E-state index in [4.69, 9.17) is 4.74 Å². The van der Waals surface area contributed by atoms with E-state index in [0.717, 1.165) is 13.0 Å². The molecule has 2 rings (SSSR count). The number of nitrogens with zero attached hydrogens (tertiary/aromatic N) is 1. The van der Waals surface area contributed by atoms with Gasteiger partial charge in [0.25, 0.3) is 0 Å². The molecule has 1 aromatic heterocycles. The molecule has 2 aromatic rings. The third-order valence-electron chi connectivity index (χ3n) is 3.06. The second kappa shape index (κ2) is 6.47. The van der Waals surface area contributed by atoms with Gasteiger partial charge in [-0.15, -0.1) is 0 Å². The Labute approximate surface area is 108 Å². The average Bonchev–Trinajstić information content (AvgIpc) is 2.43. The zero-order chi connectivity index (χ0) is 12.8. The zero-order valence-electron chi connectivity index (χ0n) is 11.0. The van der Waals surface area contributed by atoms with Crippen LogP contribution in [0.2, 0.25) is 0 Å². The van der Waals surface area contributed by atoms with Crippen LogP contribution in [0.5, 0.6) is 0 Å². The molecule has 1 heterocycles. The first-order chi connectivity index (χ1) is 8.86. The average molecular weight is 244 g/mol. The summed E-state index contributed by atoms with van der Waals surface area (Å²) in [6.45, 7) is 3.60. The van der Waals surface area contributed by atoms with E-state index in [2.05, 4.69) is 35.4 Å². The van der Waals surface area contributed by atoms with Crippen molar-refractivity contribution < 1.29 is 4.74 Å². The van der Waals surface area contributed by atoms with Crippen LogP contribution < -0.4 is 5.32 Å². The smallest absolute Gasteiger partial charge is 0.0662 e. The van der Waals surface area contributed by atoms with Crippen molar-refractivity contribution in [1.82, 2.24) is 10.3 Å². The Balaban J connectivity index is 2.27. The second-order valence-corrected chi connectivity index (χ2v) is 4.37. The van der Waals surface area contributed by atoms with E-state index in [1.807, 2.05) is 25.5 Å². The van der Waals surface area contributed by atoms with Crippen molar-refractivity contribution in [2.45, 2.75) is 19.4 Å². The van der Waals surface area contributed by atoms with E-state index in [9.17, 15) is 0 Å². The SMILES string of the molecule is CCCOCC(NC)c1cncc2ccccc12. The summed E-state index contributed by atoms with van der Waals surface area (Å²) >= 11 is 0. The number of likely N-dealkylation sites (N-methyl/N-ethyl adjacent to an activating group) is 1. The molecule has 0 aliphatic carbocycles. The van der Waals surface area contributed by atoms with Crippen LogP contribution in [-0.4, -0.2) is 25.2 Å². The van der Waals surface area contributed by atoms with E-state index >= 15 is 0 Å². The van der Waals surface area contributed by atoms with Gasteiger partial charge in [0.1, 0.15) is 0 Å². The van der Waals surface area contributed by atoms with Crippen LogP contribution in [0.15, 0.2) is 36.7 Å². The molecule has 3 nitrogen and oxygen atoms in total. The quantitative estimate of drug-likeness (QED) is 0.793. The molecule has 0 aliphatic heterocycles. The van der Waals surface area contributed by atoms with E-state index in [1.54, 1.807) is 0 Å². The molecule has 0 saturated carbocycles. The van der Waals surface area contributed by atoms with Gasteiger partial charge in [0.2, 0.25) is 0 Å². The number of nitrogens with one attached hydrogen (secondary N) is 1. The normalized spacial score (nSPS) is 12.8. The van der Waals surface area contributed by atoms with Crippen molar-refractivity contribution in [2.24, 2.45) is 0 Å². The summed E-state index contributed by atoms with van der Waals surface area (Å²) in [5.74, 6) is 0. The molecule has 0 bridgehead atoms. The van der Waals surface area contributed by atoms with Gasteiger partial charge in [-0.3, -0.25) is 4.98 Å². The molecule has 3 heteroatoms. The molecule has 0 fully saturated rings. The summed E-state index contributed by atoms with van der Waals surface area (Å²) in [5, 5.41) is 5.72. The van der Waals surface area contributed by atoms with Crippen LogP contribution in [0.3, 0.4) is 0 Å². The maximum absolute atomic E-state index is 5.65. The van der Waals surface area contributed by atoms with E-state index in [0.29, 0.717) is 6.61 Å². The number of benzene rings is 1. The van der Waals surface area contributed by atoms with Gasteiger partial charge in [0.15, 0.2) is 0 Å². The van der Waals surface area contributed by atoms with Gasteiger partial charge in [0.05, 0.1) is 12.6 Å². The minimum atomic E-state index is 0.190. The van der Waals surface area contributed by atoms with Crippen LogP contribution in [0.1, 0.15) is 24.9 Å². The minimum absolute atomic E-state index is 0.190. The Hall–Kier alpha value is -1.45. The van der Waals surface area contributed by atoms with E-state index < -0.39 is 0 Å². The van der Waals surface area contributed by atoms with Crippen molar-refractivity contribution in [2.75, 3.05) is 20.3 Å². The number of rotatable bonds is 6. The van der Waals surface area contributed by atoms with Gasteiger partial charge in [-0.1, -0.05) is 31.2 Å². The van der Waals surface area contributed by atoms with Crippen molar-refractivity contribution >= 4 is 10.8 Å². The Bertz CT molecular complexity index is 493. The Morgan fingerprint density at radius 1 is 1.28 bits per heavy atom. The lowest BCUT2D eigenvalue weighted by Gasteiger charge is -2.18. The van der Waals surface area contributed by atoms with Gasteiger partial charge in [-0.05, 0) is 24.4 Å². The molecule has 1 atom stereocenters. The lowest BCUT2D eigenvalue weighted by Crippen LogP contribution is -2.22. The van der Waals surface area contributed by atoms with Gasteiger partial charge in [-0.25, -0.2) is 0 Å². The maximum Gasteiger partial charge on any atom is 0.0662 e. The first-order valence-electron chi connectivity index (χ1n) is 6.44. The lowest BCUT2D eigenvalue weighted by molar-refractivity contribution is 0.114. The van der Waals surface area contributed by atoms with Crippen LogP contribution in [0, 0.1) is 0 Å². The van der Waals surface area contributed by atoms with Gasteiger partial charge in [0, 0.05) is 24.4 Å². The van der Waals surface area contributed by atoms with E-state index in [1.165, 1.54) is 16.3 Å². The summed E-state index contributed by atoms with van der Waals surface area (Å²) in [7, 11) is 1.96. The van der Waals surface area contributed by atoms with Crippen LogP contribution in [0.4, 0.5) is 0 Å². The minimum Gasteiger partial charge on any atom is -0.379 e. The maximum atomic E-state index is 5.65. The summed E-state index contributed by atoms with van der Waals surface area (Å²) in [5.41, 5.74) is 1.20. The van der Waals surface area contributed by atoms with Crippen LogP contribution in [0.25, 0.3) is 10.8 Å². The predicted molar refractivity (Wildman–Crippen MR) is 74.7 cm³/mol. The molecule has 96 valence electrons. The molecule has 0 spiro atoms. The lowest BCUT2D eigenvalue weighted by atomic mass is 10.0. The van der Waals surface area contributed by atoms with Crippen molar-refractivity contribution in [1.29, 1.82) is 0 Å². The zero-order valence-corrected chi connectivity index (χ0v) is 11.0. The molecule has 0 saturated heterocycles. The highest BCUT2D eigenvalue weighted by molar-refractivity contribution is 5.85. The second-order valence-electron chi connectivity index (χ2n) is 4.37. The standard InChI is InChI=1S/C15H20N2O/c1-3-8-18-11-15(16-2)14-10-17-9-12-6-4-5-7-13(12)14/h4-7,9-10,15-16H,3,8,11H2,1-2H3. The number of hydrogen-bond acceptors (Lipinski definition) is 3. The fourth-order valence-corrected chi connectivity index (χ4v) is 2.09. The number of aromatic nitrogens is 1. The van der Waals surface area contributed by atoms with Crippen molar-refractivity contribution in [3.05, 3.63) is 42.2 Å². The molecule has 1 unspecified atom stereocenters. The number of ether oxygens (including phenoxy) is 1. The first kappa shape index (κ1) is 13.0. The Morgan fingerprint density at radius 2 is 2.11 bits per heavy atom. The van der Waals surface area contributed by atoms with Gasteiger partial charge in [-0.2, -0.15) is 0 Å². The summed E-state index contributed by atoms with van der Waals surface area (Å²) < 4.78 is 5.65. The third kappa shape index (κ3) is 2.86. The largest absolute Gasteiger partial charge is 0.379 e. The molecule has 0 amide bonds. The van der Waals surface area contributed by atoms with Gasteiger partial charge < -0.3 is 10.1 Å². The Morgan fingerprint density at radius 3 is 2.89 bits per heavy atom. The Kier molecular flexibility index (Phi) is 4.67. The summed E-state index contributed by atoms with van der Waals surface area (Å²) in [6, 6.07) is 8.51. The fourth-order valence-electron chi connectivity index (χ4n) is 2.09. The molecule has 0 aliphatic rings. The highest BCUT2D eigenvalue weighted by atomic mass is 16.5. The van der Waals surface area contributed by atoms with Gasteiger partial charge >= 0.3 is 0 Å². The predicted octanol–water partition coefficient (Wildman–Crippen LogP) is 2.92. The topological polar surface area (TPSA) is 34.1 Å². The summed E-state index contributed by atoms with van der Waals surface area (Å²) in [4.78, 5) is 4.31. The molecular formula is C15H20N2O. The first-order valence-corrected chi connectivity index (χ1v) is 6.44. The third-order valence-corrected chi connectivity index (χ3v) is 3.06. The molecular weight excluding hydrogens is 224 g/mol. The van der Waals surface area contributed by atoms with Crippen LogP contribution >= 0.6 is 0 Å². The molecule has 18 heavy (non-hydrogen) atoms. The number of pyridine rings is 1. The molecule has 1 N–H and O–H groups in total. The van der Waals surface area contributed by atoms with E-state index in [-0.39, 0.29) is 6.04 Å².